The zero-order chi connectivity index (χ0) is 13.5. The summed E-state index contributed by atoms with van der Waals surface area (Å²) < 4.78 is 5.82. The lowest BCUT2D eigenvalue weighted by Crippen LogP contribution is -1.98. The van der Waals surface area contributed by atoms with Crippen LogP contribution in [0.5, 0.6) is 11.5 Å². The monoisotopic (exact) mass is 255 g/mol. The van der Waals surface area contributed by atoms with Crippen molar-refractivity contribution in [3.63, 3.8) is 0 Å². The third-order valence-corrected chi connectivity index (χ3v) is 3.07. The molecule has 0 aliphatic rings. The lowest BCUT2D eigenvalue weighted by molar-refractivity contribution is 0.482. The summed E-state index contributed by atoms with van der Waals surface area (Å²) >= 11 is 0. The fraction of sp³-hybridized carbons (Fsp3) is 0.294. The van der Waals surface area contributed by atoms with E-state index in [0.29, 0.717) is 0 Å². The summed E-state index contributed by atoms with van der Waals surface area (Å²) in [6.45, 7) is 2.84. The Morgan fingerprint density at radius 2 is 1.74 bits per heavy atom. The van der Waals surface area contributed by atoms with Crippen LogP contribution >= 0.6 is 0 Å². The van der Waals surface area contributed by atoms with Crippen LogP contribution in [0.3, 0.4) is 0 Å². The second kappa shape index (κ2) is 6.95. The average molecular weight is 255 g/mol. The molecule has 0 aliphatic heterocycles. The van der Waals surface area contributed by atoms with Gasteiger partial charge in [0, 0.05) is 0 Å². The van der Waals surface area contributed by atoms with Crippen LogP contribution in [0.4, 0.5) is 0 Å². The van der Waals surface area contributed by atoms with Gasteiger partial charge < -0.3 is 10.5 Å². The largest absolute Gasteiger partial charge is 0.457 e. The van der Waals surface area contributed by atoms with Crippen molar-refractivity contribution in [2.75, 3.05) is 6.54 Å². The van der Waals surface area contributed by atoms with Crippen molar-refractivity contribution < 1.29 is 4.74 Å². The molecule has 0 aliphatic carbocycles. The van der Waals surface area contributed by atoms with Gasteiger partial charge in [0.2, 0.25) is 0 Å². The molecule has 0 spiro atoms. The van der Waals surface area contributed by atoms with Crippen LogP contribution in [0.2, 0.25) is 0 Å². The second-order valence-electron chi connectivity index (χ2n) is 4.81. The van der Waals surface area contributed by atoms with Gasteiger partial charge in [0.05, 0.1) is 0 Å². The van der Waals surface area contributed by atoms with E-state index in [1.54, 1.807) is 0 Å². The maximum atomic E-state index is 5.82. The van der Waals surface area contributed by atoms with Gasteiger partial charge in [0.1, 0.15) is 11.5 Å². The van der Waals surface area contributed by atoms with Crippen LogP contribution in [-0.4, -0.2) is 6.54 Å². The maximum absolute atomic E-state index is 5.82. The average Bonchev–Trinajstić information content (AvgIpc) is 2.41. The van der Waals surface area contributed by atoms with Gasteiger partial charge in [0.25, 0.3) is 0 Å². The Kier molecular flexibility index (Phi) is 4.99. The summed E-state index contributed by atoms with van der Waals surface area (Å²) in [6.07, 6.45) is 3.32. The molecule has 2 N–H and O–H groups in total. The van der Waals surface area contributed by atoms with Gasteiger partial charge in [-0.25, -0.2) is 0 Å². The first kappa shape index (κ1) is 13.6. The van der Waals surface area contributed by atoms with Crippen molar-refractivity contribution in [1.82, 2.24) is 0 Å². The molecule has 0 atom stereocenters. The van der Waals surface area contributed by atoms with Gasteiger partial charge in [-0.3, -0.25) is 0 Å². The maximum Gasteiger partial charge on any atom is 0.127 e. The zero-order valence-electron chi connectivity index (χ0n) is 11.4. The van der Waals surface area contributed by atoms with Gasteiger partial charge in [-0.2, -0.15) is 0 Å². The van der Waals surface area contributed by atoms with Crippen LogP contribution in [0.25, 0.3) is 0 Å². The quantitative estimate of drug-likeness (QED) is 0.790. The van der Waals surface area contributed by atoms with Crippen LogP contribution in [0.1, 0.15) is 24.0 Å². The summed E-state index contributed by atoms with van der Waals surface area (Å²) in [5.41, 5.74) is 8.04. The van der Waals surface area contributed by atoms with Crippen molar-refractivity contribution >= 4 is 0 Å². The number of nitrogens with two attached hydrogens (primary N) is 1. The Morgan fingerprint density at radius 1 is 0.947 bits per heavy atom. The van der Waals surface area contributed by atoms with E-state index in [9.17, 15) is 0 Å². The first-order valence-electron chi connectivity index (χ1n) is 6.81. The summed E-state index contributed by atoms with van der Waals surface area (Å²) in [5.74, 6) is 1.77. The highest BCUT2D eigenvalue weighted by Gasteiger charge is 1.98. The molecule has 100 valence electrons. The van der Waals surface area contributed by atoms with Gasteiger partial charge in [0.15, 0.2) is 0 Å². The normalized spacial score (nSPS) is 10.4. The minimum absolute atomic E-state index is 0.772. The van der Waals surface area contributed by atoms with Crippen molar-refractivity contribution in [2.24, 2.45) is 5.73 Å². The second-order valence-corrected chi connectivity index (χ2v) is 4.81. The van der Waals surface area contributed by atoms with Gasteiger partial charge in [-0.15, -0.1) is 0 Å². The van der Waals surface area contributed by atoms with E-state index < -0.39 is 0 Å². The van der Waals surface area contributed by atoms with Crippen molar-refractivity contribution in [3.05, 3.63) is 59.7 Å². The summed E-state index contributed by atoms with van der Waals surface area (Å²) in [6, 6.07) is 16.4. The molecule has 0 unspecified atom stereocenters. The molecular weight excluding hydrogens is 234 g/mol. The molecule has 0 saturated heterocycles. The van der Waals surface area contributed by atoms with E-state index in [2.05, 4.69) is 25.1 Å². The van der Waals surface area contributed by atoms with Crippen molar-refractivity contribution in [1.29, 1.82) is 0 Å². The Hall–Kier alpha value is -1.80. The van der Waals surface area contributed by atoms with E-state index in [4.69, 9.17) is 10.5 Å². The summed E-state index contributed by atoms with van der Waals surface area (Å²) in [4.78, 5) is 0. The predicted octanol–water partition coefficient (Wildman–Crippen LogP) is 4.07. The Balaban J connectivity index is 1.95. The number of ether oxygens (including phenoxy) is 1. The number of aryl methyl sites for hydroxylation is 2. The fourth-order valence-corrected chi connectivity index (χ4v) is 2.01. The molecule has 0 heterocycles. The molecular formula is C17H21NO. The molecule has 0 saturated carbocycles. The topological polar surface area (TPSA) is 35.2 Å². The van der Waals surface area contributed by atoms with Gasteiger partial charge in [-0.05, 0) is 68.1 Å². The summed E-state index contributed by atoms with van der Waals surface area (Å²) in [5, 5.41) is 0. The molecule has 2 nitrogen and oxygen atoms in total. The highest BCUT2D eigenvalue weighted by Crippen LogP contribution is 2.22. The highest BCUT2D eigenvalue weighted by atomic mass is 16.5. The number of hydrogen-bond donors (Lipinski definition) is 1. The number of hydrogen-bond acceptors (Lipinski definition) is 2. The van der Waals surface area contributed by atoms with Crippen LogP contribution in [-0.2, 0) is 6.42 Å². The van der Waals surface area contributed by atoms with Crippen LogP contribution < -0.4 is 10.5 Å². The van der Waals surface area contributed by atoms with Crippen LogP contribution in [0.15, 0.2) is 48.5 Å². The third kappa shape index (κ3) is 4.42. The van der Waals surface area contributed by atoms with E-state index in [1.165, 1.54) is 11.1 Å². The molecule has 0 fully saturated rings. The molecule has 0 amide bonds. The molecule has 2 rings (SSSR count). The Bertz CT molecular complexity index is 505. The number of rotatable bonds is 6. The minimum atomic E-state index is 0.772. The zero-order valence-corrected chi connectivity index (χ0v) is 11.4. The van der Waals surface area contributed by atoms with Crippen LogP contribution in [0, 0.1) is 6.92 Å². The van der Waals surface area contributed by atoms with E-state index in [0.717, 1.165) is 37.3 Å². The number of unbranched alkanes of at least 4 members (excludes halogenated alkanes) is 1. The molecule has 0 bridgehead atoms. The smallest absolute Gasteiger partial charge is 0.127 e. The molecule has 2 aromatic carbocycles. The highest BCUT2D eigenvalue weighted by molar-refractivity contribution is 5.34. The lowest BCUT2D eigenvalue weighted by atomic mass is 10.1. The minimum Gasteiger partial charge on any atom is -0.457 e. The summed E-state index contributed by atoms with van der Waals surface area (Å²) in [7, 11) is 0. The lowest BCUT2D eigenvalue weighted by Gasteiger charge is -2.07. The third-order valence-electron chi connectivity index (χ3n) is 3.07. The predicted molar refractivity (Wildman–Crippen MR) is 79.7 cm³/mol. The molecule has 19 heavy (non-hydrogen) atoms. The van der Waals surface area contributed by atoms with E-state index in [1.807, 2.05) is 30.3 Å². The first-order valence-corrected chi connectivity index (χ1v) is 6.81. The molecule has 2 heteroatoms. The number of benzene rings is 2. The van der Waals surface area contributed by atoms with E-state index >= 15 is 0 Å². The van der Waals surface area contributed by atoms with Crippen molar-refractivity contribution in [3.8, 4) is 11.5 Å². The Labute approximate surface area is 115 Å². The fourth-order valence-electron chi connectivity index (χ4n) is 2.01. The molecule has 2 aromatic rings. The van der Waals surface area contributed by atoms with Gasteiger partial charge >= 0.3 is 0 Å². The molecule has 0 radical (unpaired) electrons. The first-order chi connectivity index (χ1) is 9.28. The molecule has 0 aromatic heterocycles. The van der Waals surface area contributed by atoms with Crippen molar-refractivity contribution in [2.45, 2.75) is 26.2 Å². The van der Waals surface area contributed by atoms with E-state index in [-0.39, 0.29) is 0 Å². The standard InChI is InChI=1S/C17H21NO/c1-14-5-4-7-17(13-14)19-16-10-8-15(9-11-16)6-2-3-12-18/h4-5,7-11,13H,2-3,6,12,18H2,1H3. The van der Waals surface area contributed by atoms with Gasteiger partial charge in [-0.1, -0.05) is 24.3 Å². The Morgan fingerprint density at radius 3 is 2.42 bits per heavy atom. The SMILES string of the molecule is Cc1cccc(Oc2ccc(CCCCN)cc2)c1.